The zero-order valence-corrected chi connectivity index (χ0v) is 26.9. The molecule has 0 unspecified atom stereocenters. The number of hydrogen-bond donors (Lipinski definition) is 1. The monoisotopic (exact) mass is 639 g/mol. The zero-order chi connectivity index (χ0) is 30.6. The van der Waals surface area contributed by atoms with E-state index in [1.165, 1.54) is 11.8 Å². The minimum atomic E-state index is -0.721. The highest BCUT2D eigenvalue weighted by Crippen LogP contribution is 2.37. The summed E-state index contributed by atoms with van der Waals surface area (Å²) >= 11 is 13.5. The molecule has 228 valence electrons. The molecule has 1 aromatic heterocycles. The van der Waals surface area contributed by atoms with Crippen LogP contribution in [0.5, 0.6) is 5.75 Å². The van der Waals surface area contributed by atoms with Crippen molar-refractivity contribution in [2.75, 3.05) is 13.2 Å². The van der Waals surface area contributed by atoms with Crippen LogP contribution in [0.4, 0.5) is 0 Å². The van der Waals surface area contributed by atoms with Gasteiger partial charge in [0.2, 0.25) is 0 Å². The summed E-state index contributed by atoms with van der Waals surface area (Å²) in [5, 5.41) is 14.1. The van der Waals surface area contributed by atoms with Crippen LogP contribution in [0.3, 0.4) is 0 Å². The highest BCUT2D eigenvalue weighted by Gasteiger charge is 2.32. The zero-order valence-electron chi connectivity index (χ0n) is 24.5. The SMILES string of the molecule is CCCOc1ccc(-c2nn(-c3ccccc3)cc2C=C2SC(=S)N(CCCCCCCCCCC(=O)O)C2=O)cc1Cl. The Hall–Kier alpha value is -3.14. The van der Waals surface area contributed by atoms with E-state index in [1.807, 2.05) is 72.4 Å². The number of thioether (sulfide) groups is 1. The fourth-order valence-corrected chi connectivity index (χ4v) is 6.38. The average Bonchev–Trinajstić information content (AvgIpc) is 3.53. The van der Waals surface area contributed by atoms with E-state index < -0.39 is 5.97 Å². The third-order valence-corrected chi connectivity index (χ3v) is 8.79. The minimum Gasteiger partial charge on any atom is -0.492 e. The Morgan fingerprint density at radius 1 is 1.05 bits per heavy atom. The normalized spacial score (nSPS) is 14.2. The lowest BCUT2D eigenvalue weighted by atomic mass is 10.1. The Balaban J connectivity index is 1.42. The predicted molar refractivity (Wildman–Crippen MR) is 179 cm³/mol. The van der Waals surface area contributed by atoms with Crippen LogP contribution in [-0.4, -0.2) is 49.1 Å². The molecule has 1 aliphatic rings. The Bertz CT molecular complexity index is 1440. The number of benzene rings is 2. The van der Waals surface area contributed by atoms with Gasteiger partial charge in [0, 0.05) is 30.3 Å². The van der Waals surface area contributed by atoms with Gasteiger partial charge in [0.25, 0.3) is 5.91 Å². The van der Waals surface area contributed by atoms with Gasteiger partial charge in [-0.3, -0.25) is 14.5 Å². The average molecular weight is 640 g/mol. The van der Waals surface area contributed by atoms with Gasteiger partial charge in [-0.25, -0.2) is 4.68 Å². The first kappa shape index (κ1) is 32.8. The molecule has 1 N–H and O–H groups in total. The fraction of sp³-hybridized carbons (Fsp3) is 0.394. The number of carbonyl (C=O) groups excluding carboxylic acids is 1. The van der Waals surface area contributed by atoms with Crippen molar-refractivity contribution in [2.45, 2.75) is 71.1 Å². The molecule has 0 bridgehead atoms. The van der Waals surface area contributed by atoms with Gasteiger partial charge in [0.05, 0.1) is 22.2 Å². The van der Waals surface area contributed by atoms with Crippen molar-refractivity contribution in [3.8, 4) is 22.7 Å². The van der Waals surface area contributed by atoms with Crippen molar-refractivity contribution >= 4 is 57.9 Å². The summed E-state index contributed by atoms with van der Waals surface area (Å²) in [6.07, 6.45) is 13.0. The molecule has 2 aromatic carbocycles. The smallest absolute Gasteiger partial charge is 0.303 e. The summed E-state index contributed by atoms with van der Waals surface area (Å²) in [6, 6.07) is 15.5. The van der Waals surface area contributed by atoms with E-state index in [2.05, 4.69) is 0 Å². The second-order valence-electron chi connectivity index (χ2n) is 10.5. The number of halogens is 1. The number of unbranched alkanes of at least 4 members (excludes halogenated alkanes) is 7. The van der Waals surface area contributed by atoms with Crippen molar-refractivity contribution in [3.05, 3.63) is 70.2 Å². The van der Waals surface area contributed by atoms with Crippen LogP contribution in [0.15, 0.2) is 59.6 Å². The third kappa shape index (κ3) is 9.42. The van der Waals surface area contributed by atoms with Crippen LogP contribution in [0.2, 0.25) is 5.02 Å². The van der Waals surface area contributed by atoms with E-state index >= 15 is 0 Å². The second kappa shape index (κ2) is 16.6. The summed E-state index contributed by atoms with van der Waals surface area (Å²) in [6.45, 7) is 3.24. The summed E-state index contributed by atoms with van der Waals surface area (Å²) < 4.78 is 8.14. The number of thiocarbonyl (C=S) groups is 1. The van der Waals surface area contributed by atoms with Gasteiger partial charge in [0.15, 0.2) is 0 Å². The Labute approximate surface area is 268 Å². The van der Waals surface area contributed by atoms with Crippen molar-refractivity contribution < 1.29 is 19.4 Å². The van der Waals surface area contributed by atoms with Gasteiger partial charge >= 0.3 is 5.97 Å². The van der Waals surface area contributed by atoms with Crippen LogP contribution in [-0.2, 0) is 9.59 Å². The third-order valence-electron chi connectivity index (χ3n) is 7.11. The summed E-state index contributed by atoms with van der Waals surface area (Å²) in [5.41, 5.74) is 3.24. The lowest BCUT2D eigenvalue weighted by Crippen LogP contribution is -2.29. The highest BCUT2D eigenvalue weighted by atomic mass is 35.5. The summed E-state index contributed by atoms with van der Waals surface area (Å²) in [7, 11) is 0. The van der Waals surface area contributed by atoms with Crippen LogP contribution in [0.25, 0.3) is 23.0 Å². The molecule has 0 atom stereocenters. The Morgan fingerprint density at radius 3 is 2.42 bits per heavy atom. The van der Waals surface area contributed by atoms with Gasteiger partial charge in [-0.2, -0.15) is 5.10 Å². The van der Waals surface area contributed by atoms with E-state index in [4.69, 9.17) is 38.8 Å². The maximum atomic E-state index is 13.4. The van der Waals surface area contributed by atoms with E-state index in [1.54, 1.807) is 4.90 Å². The quantitative estimate of drug-likeness (QED) is 0.0897. The molecular formula is C33H38ClN3O4S2. The highest BCUT2D eigenvalue weighted by molar-refractivity contribution is 8.26. The molecule has 3 aromatic rings. The molecule has 0 aliphatic carbocycles. The van der Waals surface area contributed by atoms with Gasteiger partial charge in [-0.15, -0.1) is 0 Å². The van der Waals surface area contributed by atoms with E-state index in [0.717, 1.165) is 74.6 Å². The molecular weight excluding hydrogens is 602 g/mol. The van der Waals surface area contributed by atoms with Crippen LogP contribution >= 0.6 is 35.6 Å². The molecule has 0 radical (unpaired) electrons. The van der Waals surface area contributed by atoms with Gasteiger partial charge in [-0.05, 0) is 55.7 Å². The number of ether oxygens (including phenoxy) is 1. The Morgan fingerprint density at radius 2 is 1.74 bits per heavy atom. The number of hydrogen-bond acceptors (Lipinski definition) is 6. The van der Waals surface area contributed by atoms with Crippen molar-refractivity contribution in [2.24, 2.45) is 0 Å². The number of para-hydroxylation sites is 1. The van der Waals surface area contributed by atoms with Crippen molar-refractivity contribution in [1.29, 1.82) is 0 Å². The number of aliphatic carboxylic acids is 1. The predicted octanol–water partition coefficient (Wildman–Crippen LogP) is 8.78. The molecule has 43 heavy (non-hydrogen) atoms. The molecule has 1 fully saturated rings. The van der Waals surface area contributed by atoms with Crippen molar-refractivity contribution in [3.63, 3.8) is 0 Å². The molecule has 0 spiro atoms. The van der Waals surface area contributed by atoms with Crippen molar-refractivity contribution in [1.82, 2.24) is 14.7 Å². The summed E-state index contributed by atoms with van der Waals surface area (Å²) in [4.78, 5) is 26.3. The number of rotatable bonds is 17. The van der Waals surface area contributed by atoms with E-state index in [0.29, 0.717) is 38.8 Å². The number of carboxylic acids is 1. The van der Waals surface area contributed by atoms with Gasteiger partial charge in [-0.1, -0.05) is 99.2 Å². The molecule has 0 saturated carbocycles. The van der Waals surface area contributed by atoms with E-state index in [-0.39, 0.29) is 12.3 Å². The standard InChI is InChI=1S/C33H38ClN3O4S2/c1-2-20-41-28-18-17-24(21-27(28)34)31-25(23-37(35-31)26-14-10-9-11-15-26)22-29-32(40)36(33(42)43-29)19-13-8-6-4-3-5-7-12-16-30(38)39/h9-11,14-15,17-18,21-23H,2-8,12-13,16,19-20H2,1H3,(H,38,39). The van der Waals surface area contributed by atoms with Crippen LogP contribution in [0, 0.1) is 0 Å². The topological polar surface area (TPSA) is 84.7 Å². The number of nitrogens with zero attached hydrogens (tertiary/aromatic N) is 3. The molecule has 10 heteroatoms. The van der Waals surface area contributed by atoms with Crippen LogP contribution < -0.4 is 4.74 Å². The first-order valence-electron chi connectivity index (χ1n) is 14.9. The minimum absolute atomic E-state index is 0.0758. The number of aromatic nitrogens is 2. The van der Waals surface area contributed by atoms with Gasteiger partial charge < -0.3 is 9.84 Å². The first-order chi connectivity index (χ1) is 20.9. The van der Waals surface area contributed by atoms with E-state index in [9.17, 15) is 9.59 Å². The molecule has 1 aliphatic heterocycles. The lowest BCUT2D eigenvalue weighted by Gasteiger charge is -2.14. The summed E-state index contributed by atoms with van der Waals surface area (Å²) in [5.74, 6) is -0.165. The number of carboxylic acid groups (broad SMARTS) is 1. The molecule has 1 amide bonds. The number of amides is 1. The molecule has 2 heterocycles. The van der Waals surface area contributed by atoms with Gasteiger partial charge in [0.1, 0.15) is 15.8 Å². The lowest BCUT2D eigenvalue weighted by molar-refractivity contribution is -0.137. The fourth-order valence-electron chi connectivity index (χ4n) is 4.85. The largest absolute Gasteiger partial charge is 0.492 e. The molecule has 1 saturated heterocycles. The second-order valence-corrected chi connectivity index (χ2v) is 12.6. The molecule has 7 nitrogen and oxygen atoms in total. The number of carbonyl (C=O) groups is 2. The first-order valence-corrected chi connectivity index (χ1v) is 16.5. The Kier molecular flexibility index (Phi) is 12.7. The maximum Gasteiger partial charge on any atom is 0.303 e. The molecule has 4 rings (SSSR count). The maximum absolute atomic E-state index is 13.4. The van der Waals surface area contributed by atoms with Crippen LogP contribution in [0.1, 0.15) is 76.7 Å².